The van der Waals surface area contributed by atoms with E-state index in [9.17, 15) is 9.59 Å². The molecule has 0 spiro atoms. The Balaban J connectivity index is 1.93. The molecular weight excluding hydrogens is 322 g/mol. The molecule has 1 amide bonds. The van der Waals surface area contributed by atoms with Crippen molar-refractivity contribution in [2.45, 2.75) is 50.1 Å². The number of nitrogens with one attached hydrogen (secondary N) is 2. The average molecular weight is 345 g/mol. The lowest BCUT2D eigenvalue weighted by Gasteiger charge is -2.12. The Morgan fingerprint density at radius 3 is 2.79 bits per heavy atom. The third-order valence-corrected chi connectivity index (χ3v) is 4.51. The predicted molar refractivity (Wildman–Crippen MR) is 97.1 cm³/mol. The molecule has 24 heavy (non-hydrogen) atoms. The van der Waals surface area contributed by atoms with Crippen molar-refractivity contribution in [2.75, 3.05) is 0 Å². The molecule has 1 aromatic carbocycles. The molecule has 2 aromatic rings. The van der Waals surface area contributed by atoms with Crippen LogP contribution in [0.1, 0.15) is 37.9 Å². The van der Waals surface area contributed by atoms with Gasteiger partial charge in [-0.05, 0) is 25.3 Å². The Labute approximate surface area is 146 Å². The third-order valence-electron chi connectivity index (χ3n) is 3.53. The number of aromatic amines is 1. The van der Waals surface area contributed by atoms with Gasteiger partial charge in [0, 0.05) is 18.3 Å². The van der Waals surface area contributed by atoms with Gasteiger partial charge in [0.2, 0.25) is 5.91 Å². The van der Waals surface area contributed by atoms with E-state index < -0.39 is 0 Å². The molecular formula is C18H23N3O2S. The fourth-order valence-corrected chi connectivity index (χ4v) is 3.03. The lowest BCUT2D eigenvalue weighted by atomic mass is 10.2. The molecule has 0 fully saturated rings. The van der Waals surface area contributed by atoms with E-state index >= 15 is 0 Å². The van der Waals surface area contributed by atoms with Crippen LogP contribution in [0.25, 0.3) is 0 Å². The van der Waals surface area contributed by atoms with Crippen molar-refractivity contribution in [1.29, 1.82) is 0 Å². The molecule has 2 N–H and O–H groups in total. The van der Waals surface area contributed by atoms with Gasteiger partial charge in [-0.25, -0.2) is 4.98 Å². The van der Waals surface area contributed by atoms with Crippen LogP contribution in [0.4, 0.5) is 0 Å². The zero-order valence-corrected chi connectivity index (χ0v) is 14.9. The fraction of sp³-hybridized carbons (Fsp3) is 0.389. The quantitative estimate of drug-likeness (QED) is 0.570. The molecule has 0 aliphatic rings. The number of H-pyrrole nitrogens is 1. The van der Waals surface area contributed by atoms with Crippen molar-refractivity contribution in [3.63, 3.8) is 0 Å². The van der Waals surface area contributed by atoms with E-state index in [1.54, 1.807) is 0 Å². The number of carbonyl (C=O) groups is 1. The molecule has 0 bridgehead atoms. The van der Waals surface area contributed by atoms with Gasteiger partial charge in [-0.1, -0.05) is 55.4 Å². The number of benzene rings is 1. The lowest BCUT2D eigenvalue weighted by molar-refractivity contribution is -0.120. The van der Waals surface area contributed by atoms with Crippen molar-refractivity contribution in [3.8, 4) is 0 Å². The summed E-state index contributed by atoms with van der Waals surface area (Å²) >= 11 is 1.27. The molecule has 1 aromatic heterocycles. The number of rotatable bonds is 8. The van der Waals surface area contributed by atoms with E-state index in [4.69, 9.17) is 0 Å². The summed E-state index contributed by atoms with van der Waals surface area (Å²) in [6.07, 6.45) is 2.82. The first-order chi connectivity index (χ1) is 11.6. The second kappa shape index (κ2) is 9.27. The summed E-state index contributed by atoms with van der Waals surface area (Å²) in [5, 5.41) is 3.06. The molecule has 0 radical (unpaired) electrons. The minimum Gasteiger partial charge on any atom is -0.351 e. The molecule has 0 aliphatic carbocycles. The Morgan fingerprint density at radius 2 is 2.08 bits per heavy atom. The molecule has 128 valence electrons. The summed E-state index contributed by atoms with van der Waals surface area (Å²) in [7, 11) is 0. The maximum atomic E-state index is 12.2. The molecule has 6 heteroatoms. The summed E-state index contributed by atoms with van der Waals surface area (Å²) in [6.45, 7) is 4.40. The summed E-state index contributed by atoms with van der Waals surface area (Å²) in [5.41, 5.74) is 1.66. The van der Waals surface area contributed by atoms with Gasteiger partial charge in [-0.3, -0.25) is 9.59 Å². The Kier molecular flexibility index (Phi) is 7.06. The van der Waals surface area contributed by atoms with Gasteiger partial charge in [0.1, 0.15) is 0 Å². The van der Waals surface area contributed by atoms with Crippen LogP contribution in [0, 0.1) is 0 Å². The standard InChI is InChI=1S/C18H23N3O2S/c1-3-4-10-15-11-16(22)21-18(20-15)24-13(2)17(23)19-12-14-8-6-5-7-9-14/h5-9,11,13H,3-4,10,12H2,1-2H3,(H,19,23)(H,20,21,22). The minimum atomic E-state index is -0.335. The van der Waals surface area contributed by atoms with E-state index in [0.29, 0.717) is 11.7 Å². The molecule has 0 saturated heterocycles. The van der Waals surface area contributed by atoms with Gasteiger partial charge in [-0.2, -0.15) is 0 Å². The van der Waals surface area contributed by atoms with Gasteiger partial charge < -0.3 is 10.3 Å². The van der Waals surface area contributed by atoms with Gasteiger partial charge in [0.05, 0.1) is 5.25 Å². The topological polar surface area (TPSA) is 74.8 Å². The zero-order valence-electron chi connectivity index (χ0n) is 14.0. The van der Waals surface area contributed by atoms with Crippen LogP contribution in [0.3, 0.4) is 0 Å². The van der Waals surface area contributed by atoms with E-state index in [0.717, 1.165) is 30.5 Å². The lowest BCUT2D eigenvalue weighted by Crippen LogP contribution is -2.30. The highest BCUT2D eigenvalue weighted by Crippen LogP contribution is 2.19. The average Bonchev–Trinajstić information content (AvgIpc) is 2.58. The first-order valence-corrected chi connectivity index (χ1v) is 9.05. The van der Waals surface area contributed by atoms with E-state index in [-0.39, 0.29) is 16.7 Å². The van der Waals surface area contributed by atoms with Crippen molar-refractivity contribution >= 4 is 17.7 Å². The number of thioether (sulfide) groups is 1. The van der Waals surface area contributed by atoms with Crippen LogP contribution in [0.2, 0.25) is 0 Å². The number of hydrogen-bond donors (Lipinski definition) is 2. The van der Waals surface area contributed by atoms with Crippen LogP contribution in [0.15, 0.2) is 46.3 Å². The minimum absolute atomic E-state index is 0.0783. The Morgan fingerprint density at radius 1 is 1.33 bits per heavy atom. The van der Waals surface area contributed by atoms with Gasteiger partial charge in [-0.15, -0.1) is 0 Å². The normalized spacial score (nSPS) is 11.9. The second-order valence-corrected chi connectivity index (χ2v) is 6.94. The number of amides is 1. The molecule has 0 aliphatic heterocycles. The molecule has 0 saturated carbocycles. The molecule has 1 unspecified atom stereocenters. The highest BCUT2D eigenvalue weighted by molar-refractivity contribution is 8.00. The van der Waals surface area contributed by atoms with E-state index in [1.165, 1.54) is 17.8 Å². The highest BCUT2D eigenvalue weighted by Gasteiger charge is 2.16. The third kappa shape index (κ3) is 5.85. The molecule has 5 nitrogen and oxygen atoms in total. The van der Waals surface area contributed by atoms with Crippen molar-refractivity contribution in [3.05, 3.63) is 58.0 Å². The summed E-state index contributed by atoms with van der Waals surface area (Å²) < 4.78 is 0. The van der Waals surface area contributed by atoms with Crippen molar-refractivity contribution in [2.24, 2.45) is 0 Å². The van der Waals surface area contributed by atoms with Gasteiger partial charge in [0.25, 0.3) is 5.56 Å². The van der Waals surface area contributed by atoms with E-state index in [2.05, 4.69) is 22.2 Å². The molecule has 1 heterocycles. The number of carbonyl (C=O) groups excluding carboxylic acids is 1. The Bertz CT molecular complexity index is 716. The predicted octanol–water partition coefficient (Wildman–Crippen LogP) is 2.91. The second-order valence-electron chi connectivity index (χ2n) is 5.61. The first kappa shape index (κ1) is 18.3. The SMILES string of the molecule is CCCCc1cc(=O)[nH]c(SC(C)C(=O)NCc2ccccc2)n1. The summed E-state index contributed by atoms with van der Waals surface area (Å²) in [5.74, 6) is -0.0783. The monoisotopic (exact) mass is 345 g/mol. The first-order valence-electron chi connectivity index (χ1n) is 8.17. The molecule has 1 atom stereocenters. The summed E-state index contributed by atoms with van der Waals surface area (Å²) in [4.78, 5) is 31.1. The number of aryl methyl sites for hydroxylation is 1. The van der Waals surface area contributed by atoms with Crippen LogP contribution in [-0.2, 0) is 17.8 Å². The maximum Gasteiger partial charge on any atom is 0.251 e. The number of aromatic nitrogens is 2. The van der Waals surface area contributed by atoms with E-state index in [1.807, 2.05) is 37.3 Å². The van der Waals surface area contributed by atoms with Crippen LogP contribution in [-0.4, -0.2) is 21.1 Å². The van der Waals surface area contributed by atoms with Gasteiger partial charge >= 0.3 is 0 Å². The van der Waals surface area contributed by atoms with Crippen LogP contribution in [0.5, 0.6) is 0 Å². The van der Waals surface area contributed by atoms with Crippen molar-refractivity contribution in [1.82, 2.24) is 15.3 Å². The Hall–Kier alpha value is -2.08. The molecule has 2 rings (SSSR count). The fourth-order valence-electron chi connectivity index (χ4n) is 2.17. The maximum absolute atomic E-state index is 12.2. The number of hydrogen-bond acceptors (Lipinski definition) is 4. The summed E-state index contributed by atoms with van der Waals surface area (Å²) in [6, 6.07) is 11.3. The van der Waals surface area contributed by atoms with Crippen LogP contribution < -0.4 is 10.9 Å². The van der Waals surface area contributed by atoms with Crippen LogP contribution >= 0.6 is 11.8 Å². The highest BCUT2D eigenvalue weighted by atomic mass is 32.2. The van der Waals surface area contributed by atoms with Gasteiger partial charge in [0.15, 0.2) is 5.16 Å². The number of unbranched alkanes of at least 4 members (excludes halogenated alkanes) is 1. The number of nitrogens with zero attached hydrogens (tertiary/aromatic N) is 1. The zero-order chi connectivity index (χ0) is 17.4. The largest absolute Gasteiger partial charge is 0.351 e. The smallest absolute Gasteiger partial charge is 0.251 e. The van der Waals surface area contributed by atoms with Crippen molar-refractivity contribution < 1.29 is 4.79 Å².